The highest BCUT2D eigenvalue weighted by atomic mass is 32.2. The summed E-state index contributed by atoms with van der Waals surface area (Å²) in [5.41, 5.74) is 3.82. The topological polar surface area (TPSA) is 76.8 Å². The fourth-order valence-corrected chi connectivity index (χ4v) is 5.08. The van der Waals surface area contributed by atoms with Crippen molar-refractivity contribution in [1.29, 1.82) is 0 Å². The summed E-state index contributed by atoms with van der Waals surface area (Å²) in [6.07, 6.45) is 3.51. The van der Waals surface area contributed by atoms with Gasteiger partial charge in [0.15, 0.2) is 16.1 Å². The van der Waals surface area contributed by atoms with Crippen LogP contribution in [0.25, 0.3) is 11.4 Å². The second-order valence-corrected chi connectivity index (χ2v) is 8.67. The van der Waals surface area contributed by atoms with E-state index in [1.807, 2.05) is 48.7 Å². The average molecular weight is 451 g/mol. The van der Waals surface area contributed by atoms with Gasteiger partial charge in [-0.2, -0.15) is 0 Å². The quantitative estimate of drug-likeness (QED) is 0.365. The zero-order chi connectivity index (χ0) is 21.8. The third-order valence-corrected chi connectivity index (χ3v) is 6.50. The van der Waals surface area contributed by atoms with Crippen LogP contribution in [0.1, 0.15) is 25.1 Å². The van der Waals surface area contributed by atoms with E-state index in [0.29, 0.717) is 10.9 Å². The van der Waals surface area contributed by atoms with Gasteiger partial charge in [-0.25, -0.2) is 4.98 Å². The molecule has 0 unspecified atom stereocenters. The van der Waals surface area contributed by atoms with Gasteiger partial charge in [0.1, 0.15) is 0 Å². The summed E-state index contributed by atoms with van der Waals surface area (Å²) < 4.78 is 2.09. The molecule has 1 aromatic carbocycles. The molecule has 3 heterocycles. The number of amides is 1. The van der Waals surface area contributed by atoms with Crippen LogP contribution in [-0.2, 0) is 17.1 Å². The number of benzene rings is 1. The van der Waals surface area contributed by atoms with Crippen molar-refractivity contribution in [3.05, 3.63) is 65.4 Å². The summed E-state index contributed by atoms with van der Waals surface area (Å²) in [6.45, 7) is 6.41. The lowest BCUT2D eigenvalue weighted by molar-refractivity contribution is -0.115. The van der Waals surface area contributed by atoms with Crippen LogP contribution in [0, 0.1) is 6.92 Å². The molecule has 4 aromatic rings. The maximum atomic E-state index is 12.3. The molecule has 4 rings (SSSR count). The Bertz CT molecular complexity index is 1190. The first kappa shape index (κ1) is 21.2. The average Bonchev–Trinajstić information content (AvgIpc) is 3.39. The van der Waals surface area contributed by atoms with Gasteiger partial charge in [0.05, 0.1) is 11.4 Å². The molecule has 0 N–H and O–H groups in total. The van der Waals surface area contributed by atoms with Crippen LogP contribution >= 0.6 is 23.1 Å². The van der Waals surface area contributed by atoms with Gasteiger partial charge in [-0.3, -0.25) is 14.7 Å². The van der Waals surface area contributed by atoms with Crippen LogP contribution in [0.4, 0.5) is 10.8 Å². The molecule has 0 saturated heterocycles. The van der Waals surface area contributed by atoms with Gasteiger partial charge >= 0.3 is 0 Å². The van der Waals surface area contributed by atoms with Crippen molar-refractivity contribution >= 4 is 39.8 Å². The number of aryl methyl sites for hydroxylation is 1. The highest BCUT2D eigenvalue weighted by Gasteiger charge is 2.19. The van der Waals surface area contributed by atoms with Crippen LogP contribution in [-0.4, -0.2) is 30.6 Å². The van der Waals surface area contributed by atoms with Crippen molar-refractivity contribution in [3.63, 3.8) is 0 Å². The van der Waals surface area contributed by atoms with Crippen LogP contribution in [0.15, 0.2) is 59.3 Å². The minimum absolute atomic E-state index is 0.0631. The van der Waals surface area contributed by atoms with E-state index in [1.165, 1.54) is 11.3 Å². The van der Waals surface area contributed by atoms with E-state index in [-0.39, 0.29) is 5.91 Å². The van der Waals surface area contributed by atoms with Crippen molar-refractivity contribution in [1.82, 2.24) is 24.7 Å². The number of carbonyl (C=O) groups is 1. The van der Waals surface area contributed by atoms with E-state index in [0.717, 1.165) is 40.0 Å². The molecule has 0 aliphatic heterocycles. The fourth-order valence-electron chi connectivity index (χ4n) is 3.19. The van der Waals surface area contributed by atoms with Gasteiger partial charge in [-0.05, 0) is 43.7 Å². The molecule has 158 valence electrons. The Morgan fingerprint density at radius 2 is 2.00 bits per heavy atom. The molecule has 1 amide bonds. The smallest absolute Gasteiger partial charge is 0.230 e. The van der Waals surface area contributed by atoms with E-state index in [4.69, 9.17) is 4.98 Å². The molecule has 3 aromatic heterocycles. The number of aromatic nitrogens is 5. The molecule has 0 aliphatic rings. The third-order valence-electron chi connectivity index (χ3n) is 4.63. The predicted molar refractivity (Wildman–Crippen MR) is 125 cm³/mol. The summed E-state index contributed by atoms with van der Waals surface area (Å²) in [4.78, 5) is 22.8. The van der Waals surface area contributed by atoms with E-state index in [9.17, 15) is 4.79 Å². The molecular weight excluding hydrogens is 428 g/mol. The normalized spacial score (nSPS) is 10.9. The predicted octanol–water partition coefficient (Wildman–Crippen LogP) is 5.10. The Hall–Kier alpha value is -3.04. The number of anilines is 2. The molecule has 7 nitrogen and oxygen atoms in total. The molecule has 0 radical (unpaired) electrons. The van der Waals surface area contributed by atoms with Gasteiger partial charge in [0.2, 0.25) is 5.91 Å². The number of carbonyl (C=O) groups excluding carboxylic acids is 1. The summed E-state index contributed by atoms with van der Waals surface area (Å²) in [6, 6.07) is 11.7. The molecule has 9 heteroatoms. The van der Waals surface area contributed by atoms with E-state index >= 15 is 0 Å². The third kappa shape index (κ3) is 4.67. The lowest BCUT2D eigenvalue weighted by atomic mass is 10.2. The van der Waals surface area contributed by atoms with Gasteiger partial charge in [0.25, 0.3) is 0 Å². The van der Waals surface area contributed by atoms with E-state index < -0.39 is 0 Å². The van der Waals surface area contributed by atoms with Crippen LogP contribution in [0.2, 0.25) is 0 Å². The van der Waals surface area contributed by atoms with E-state index in [1.54, 1.807) is 36.0 Å². The number of thiazole rings is 1. The highest BCUT2D eigenvalue weighted by molar-refractivity contribution is 7.98. The maximum absolute atomic E-state index is 12.3. The van der Waals surface area contributed by atoms with Gasteiger partial charge < -0.3 is 4.57 Å². The number of hydrogen-bond acceptors (Lipinski definition) is 7. The zero-order valence-corrected chi connectivity index (χ0v) is 19.2. The molecule has 0 bridgehead atoms. The summed E-state index contributed by atoms with van der Waals surface area (Å²) in [7, 11) is 0. The monoisotopic (exact) mass is 450 g/mol. The first-order chi connectivity index (χ1) is 15.1. The Labute approximate surface area is 189 Å². The number of hydrogen-bond donors (Lipinski definition) is 0. The lowest BCUT2D eigenvalue weighted by Gasteiger charge is -2.18. The second-order valence-electron chi connectivity index (χ2n) is 6.89. The largest absolute Gasteiger partial charge is 0.302 e. The van der Waals surface area contributed by atoms with Gasteiger partial charge in [0, 0.05) is 42.6 Å². The van der Waals surface area contributed by atoms with Crippen LogP contribution in [0.3, 0.4) is 0 Å². The first-order valence-electron chi connectivity index (χ1n) is 9.85. The number of nitrogens with zero attached hydrogens (tertiary/aromatic N) is 6. The minimum atomic E-state index is -0.0631. The Balaban J connectivity index is 1.52. The van der Waals surface area contributed by atoms with Gasteiger partial charge in [-0.1, -0.05) is 23.9 Å². The molecule has 31 heavy (non-hydrogen) atoms. The van der Waals surface area contributed by atoms with Gasteiger partial charge in [-0.15, -0.1) is 21.5 Å². The summed E-state index contributed by atoms with van der Waals surface area (Å²) in [5.74, 6) is 1.41. The van der Waals surface area contributed by atoms with Crippen molar-refractivity contribution in [2.75, 3.05) is 4.90 Å². The summed E-state index contributed by atoms with van der Waals surface area (Å²) in [5, 5.41) is 12.2. The molecule has 0 saturated carbocycles. The standard InChI is InChI=1S/C22H22N6OS2/c1-4-27-20(17-8-10-23-11-9-17)25-26-22(27)31-14-18-13-30-21(24-18)28(16(3)29)19-7-5-6-15(2)12-19/h5-13H,4,14H2,1-3H3. The Morgan fingerprint density at radius 1 is 1.19 bits per heavy atom. The van der Waals surface area contributed by atoms with Crippen molar-refractivity contribution in [2.45, 2.75) is 38.2 Å². The van der Waals surface area contributed by atoms with Crippen LogP contribution in [0.5, 0.6) is 0 Å². The first-order valence-corrected chi connectivity index (χ1v) is 11.7. The maximum Gasteiger partial charge on any atom is 0.230 e. The molecule has 0 fully saturated rings. The van der Waals surface area contributed by atoms with Crippen molar-refractivity contribution < 1.29 is 4.79 Å². The molecular formula is C22H22N6OS2. The van der Waals surface area contributed by atoms with E-state index in [2.05, 4.69) is 26.7 Å². The molecule has 0 spiro atoms. The van der Waals surface area contributed by atoms with Crippen LogP contribution < -0.4 is 4.90 Å². The fraction of sp³-hybridized carbons (Fsp3) is 0.227. The zero-order valence-electron chi connectivity index (χ0n) is 17.5. The molecule has 0 aliphatic carbocycles. The highest BCUT2D eigenvalue weighted by Crippen LogP contribution is 2.32. The molecule has 0 atom stereocenters. The minimum Gasteiger partial charge on any atom is -0.302 e. The number of thioether (sulfide) groups is 1. The number of rotatable bonds is 7. The Kier molecular flexibility index (Phi) is 6.43. The second kappa shape index (κ2) is 9.40. The Morgan fingerprint density at radius 3 is 2.71 bits per heavy atom. The van der Waals surface area contributed by atoms with Crippen molar-refractivity contribution in [2.24, 2.45) is 0 Å². The SMILES string of the molecule is CCn1c(SCc2csc(N(C(C)=O)c3cccc(C)c3)n2)nnc1-c1ccncc1. The number of pyridine rings is 1. The van der Waals surface area contributed by atoms with Crippen molar-refractivity contribution in [3.8, 4) is 11.4 Å². The lowest BCUT2D eigenvalue weighted by Crippen LogP contribution is -2.22. The summed E-state index contributed by atoms with van der Waals surface area (Å²) >= 11 is 3.05.